The molecule has 0 radical (unpaired) electrons. The molecule has 6 heteroatoms. The van der Waals surface area contributed by atoms with Crippen molar-refractivity contribution in [1.29, 1.82) is 0 Å². The normalized spacial score (nSPS) is 13.5. The number of hydrogen-bond acceptors (Lipinski definition) is 3. The molecule has 0 aliphatic carbocycles. The van der Waals surface area contributed by atoms with E-state index < -0.39 is 11.8 Å². The third kappa shape index (κ3) is 6.22. The molecule has 15 heavy (non-hydrogen) atoms. The van der Waals surface area contributed by atoms with Crippen molar-refractivity contribution in [3.05, 3.63) is 0 Å². The molecule has 0 saturated heterocycles. The number of hydrogen-bond donors (Lipinski definition) is 3. The Morgan fingerprint density at radius 1 is 1.53 bits per heavy atom. The van der Waals surface area contributed by atoms with Crippen molar-refractivity contribution >= 4 is 5.84 Å². The van der Waals surface area contributed by atoms with E-state index in [4.69, 9.17) is 10.9 Å². The van der Waals surface area contributed by atoms with Crippen molar-refractivity contribution in [3.8, 4) is 0 Å². The van der Waals surface area contributed by atoms with Crippen LogP contribution in [0.4, 0.5) is 8.78 Å². The second-order valence-corrected chi connectivity index (χ2v) is 4.07. The fourth-order valence-electron chi connectivity index (χ4n) is 1.13. The highest BCUT2D eigenvalue weighted by Gasteiger charge is 2.22. The molecule has 4 nitrogen and oxygen atoms in total. The van der Waals surface area contributed by atoms with Crippen LogP contribution in [0.2, 0.25) is 0 Å². The molecule has 0 atom stereocenters. The molecule has 0 aromatic heterocycles. The number of nitrogens with one attached hydrogen (secondary N) is 1. The Kier molecular flexibility index (Phi) is 6.15. The van der Waals surface area contributed by atoms with Crippen LogP contribution in [0.3, 0.4) is 0 Å². The Morgan fingerprint density at radius 3 is 2.60 bits per heavy atom. The van der Waals surface area contributed by atoms with Crippen LogP contribution in [0.25, 0.3) is 0 Å². The maximum atomic E-state index is 11.7. The number of nitrogens with two attached hydrogens (primary N) is 1. The van der Waals surface area contributed by atoms with Gasteiger partial charge in [0.2, 0.25) is 0 Å². The summed E-state index contributed by atoms with van der Waals surface area (Å²) in [6.45, 7) is 3.90. The molecular weight excluding hydrogens is 204 g/mol. The van der Waals surface area contributed by atoms with E-state index in [0.717, 1.165) is 0 Å². The average Bonchev–Trinajstić information content (AvgIpc) is 2.15. The molecule has 0 heterocycles. The van der Waals surface area contributed by atoms with Crippen LogP contribution in [-0.4, -0.2) is 30.6 Å². The molecule has 0 aliphatic rings. The quantitative estimate of drug-likeness (QED) is 0.201. The van der Waals surface area contributed by atoms with Crippen LogP contribution in [0, 0.1) is 5.41 Å². The monoisotopic (exact) mass is 223 g/mol. The van der Waals surface area contributed by atoms with E-state index >= 15 is 0 Å². The lowest BCUT2D eigenvalue weighted by Gasteiger charge is -2.22. The highest BCUT2D eigenvalue weighted by Crippen LogP contribution is 2.21. The van der Waals surface area contributed by atoms with Gasteiger partial charge in [-0.15, -0.1) is 0 Å². The third-order valence-electron chi connectivity index (χ3n) is 2.26. The van der Waals surface area contributed by atoms with Crippen molar-refractivity contribution in [2.75, 3.05) is 13.1 Å². The lowest BCUT2D eigenvalue weighted by atomic mass is 9.86. The van der Waals surface area contributed by atoms with Gasteiger partial charge in [-0.1, -0.05) is 19.0 Å². The maximum Gasteiger partial charge on any atom is 0.250 e. The van der Waals surface area contributed by atoms with Crippen molar-refractivity contribution < 1.29 is 14.0 Å². The van der Waals surface area contributed by atoms with Crippen LogP contribution in [-0.2, 0) is 0 Å². The molecule has 0 aliphatic heterocycles. The van der Waals surface area contributed by atoms with Crippen LogP contribution in [0.15, 0.2) is 5.16 Å². The van der Waals surface area contributed by atoms with Crippen LogP contribution >= 0.6 is 0 Å². The zero-order valence-electron chi connectivity index (χ0n) is 9.13. The van der Waals surface area contributed by atoms with E-state index in [1.165, 1.54) is 0 Å². The summed E-state index contributed by atoms with van der Waals surface area (Å²) < 4.78 is 23.5. The standard InChI is InChI=1S/C9H19F2N3O/c1-9(2,8(12)14-15)4-3-5-13-6-7(10)11/h7,13,15H,3-6H2,1-2H3,(H2,12,14). The van der Waals surface area contributed by atoms with Crippen LogP contribution in [0.5, 0.6) is 0 Å². The molecule has 0 saturated carbocycles. The third-order valence-corrected chi connectivity index (χ3v) is 2.26. The molecule has 0 unspecified atom stereocenters. The molecule has 0 fully saturated rings. The van der Waals surface area contributed by atoms with Crippen LogP contribution in [0.1, 0.15) is 26.7 Å². The first-order chi connectivity index (χ1) is 6.90. The minimum absolute atomic E-state index is 0.163. The molecule has 0 aromatic rings. The van der Waals surface area contributed by atoms with Gasteiger partial charge in [0.05, 0.1) is 6.54 Å². The summed E-state index contributed by atoms with van der Waals surface area (Å²) in [6.07, 6.45) is -0.934. The van der Waals surface area contributed by atoms with Gasteiger partial charge in [-0.25, -0.2) is 8.78 Å². The summed E-state index contributed by atoms with van der Waals surface area (Å²) in [5, 5.41) is 14.1. The van der Waals surface area contributed by atoms with E-state index in [-0.39, 0.29) is 12.4 Å². The van der Waals surface area contributed by atoms with Crippen molar-refractivity contribution in [2.24, 2.45) is 16.3 Å². The fraction of sp³-hybridized carbons (Fsp3) is 0.889. The zero-order chi connectivity index (χ0) is 11.9. The predicted molar refractivity (Wildman–Crippen MR) is 55.3 cm³/mol. The van der Waals surface area contributed by atoms with Crippen molar-refractivity contribution in [3.63, 3.8) is 0 Å². The molecule has 4 N–H and O–H groups in total. The topological polar surface area (TPSA) is 70.6 Å². The van der Waals surface area contributed by atoms with Gasteiger partial charge in [-0.05, 0) is 19.4 Å². The Bertz CT molecular complexity index is 208. The maximum absolute atomic E-state index is 11.7. The fourth-order valence-corrected chi connectivity index (χ4v) is 1.13. The summed E-state index contributed by atoms with van der Waals surface area (Å²) in [4.78, 5) is 0. The number of oxime groups is 1. The van der Waals surface area contributed by atoms with Crippen molar-refractivity contribution in [1.82, 2.24) is 5.32 Å². The molecule has 90 valence electrons. The summed E-state index contributed by atoms with van der Waals surface area (Å²) in [7, 11) is 0. The van der Waals surface area contributed by atoms with Gasteiger partial charge in [0.15, 0.2) is 0 Å². The summed E-state index contributed by atoms with van der Waals surface area (Å²) in [6, 6.07) is 0. The minimum Gasteiger partial charge on any atom is -0.409 e. The minimum atomic E-state index is -2.32. The first kappa shape index (κ1) is 14.1. The Hall–Kier alpha value is -0.910. The number of halogens is 2. The van der Waals surface area contributed by atoms with Gasteiger partial charge in [0.1, 0.15) is 5.84 Å². The van der Waals surface area contributed by atoms with Gasteiger partial charge in [-0.3, -0.25) is 0 Å². The number of nitrogens with zero attached hydrogens (tertiary/aromatic N) is 1. The first-order valence-corrected chi connectivity index (χ1v) is 4.87. The van der Waals surface area contributed by atoms with E-state index in [9.17, 15) is 8.78 Å². The second-order valence-electron chi connectivity index (χ2n) is 4.07. The van der Waals surface area contributed by atoms with E-state index in [2.05, 4.69) is 10.5 Å². The summed E-state index contributed by atoms with van der Waals surface area (Å²) in [5.41, 5.74) is 5.07. The lowest BCUT2D eigenvalue weighted by Crippen LogP contribution is -2.33. The Labute approximate surface area is 88.5 Å². The van der Waals surface area contributed by atoms with Gasteiger partial charge >= 0.3 is 0 Å². The highest BCUT2D eigenvalue weighted by molar-refractivity contribution is 5.85. The zero-order valence-corrected chi connectivity index (χ0v) is 9.13. The second kappa shape index (κ2) is 6.55. The van der Waals surface area contributed by atoms with Gasteiger partial charge in [0, 0.05) is 5.41 Å². The molecule has 0 spiro atoms. The van der Waals surface area contributed by atoms with Gasteiger partial charge < -0.3 is 16.3 Å². The van der Waals surface area contributed by atoms with E-state index in [0.29, 0.717) is 19.4 Å². The SMILES string of the molecule is CC(C)(CCCNCC(F)F)C(N)=NO. The first-order valence-electron chi connectivity index (χ1n) is 4.87. The highest BCUT2D eigenvalue weighted by atomic mass is 19.3. The number of rotatable bonds is 7. The smallest absolute Gasteiger partial charge is 0.250 e. The van der Waals surface area contributed by atoms with Gasteiger partial charge in [0.25, 0.3) is 6.43 Å². The Morgan fingerprint density at radius 2 is 2.13 bits per heavy atom. The lowest BCUT2D eigenvalue weighted by molar-refractivity contribution is 0.146. The summed E-state index contributed by atoms with van der Waals surface area (Å²) >= 11 is 0. The number of alkyl halides is 2. The van der Waals surface area contributed by atoms with Crippen molar-refractivity contribution in [2.45, 2.75) is 33.1 Å². The van der Waals surface area contributed by atoms with Crippen LogP contribution < -0.4 is 11.1 Å². The molecule has 0 amide bonds. The molecule has 0 aromatic carbocycles. The molecular formula is C9H19F2N3O. The van der Waals surface area contributed by atoms with E-state index in [1.807, 2.05) is 13.8 Å². The van der Waals surface area contributed by atoms with Gasteiger partial charge in [-0.2, -0.15) is 0 Å². The largest absolute Gasteiger partial charge is 0.409 e. The number of amidine groups is 1. The predicted octanol–water partition coefficient (Wildman–Crippen LogP) is 1.39. The average molecular weight is 223 g/mol. The summed E-state index contributed by atoms with van der Waals surface area (Å²) in [5.74, 6) is 0.163. The molecule has 0 rings (SSSR count). The van der Waals surface area contributed by atoms with E-state index in [1.54, 1.807) is 0 Å². The molecule has 0 bridgehead atoms. The Balaban J connectivity index is 3.67.